The van der Waals surface area contributed by atoms with Crippen molar-refractivity contribution in [1.82, 2.24) is 9.78 Å². The molecule has 0 fully saturated rings. The molecule has 5 nitrogen and oxygen atoms in total. The molecule has 0 atom stereocenters. The van der Waals surface area contributed by atoms with Gasteiger partial charge in [0, 0.05) is 13.1 Å². The SMILES string of the molecule is Cc1nn(C)c(Oc2ccc(F)c(F)c2)c1C(=N)N. The fourth-order valence-electron chi connectivity index (χ4n) is 1.72. The fourth-order valence-corrected chi connectivity index (χ4v) is 1.72. The maximum atomic E-state index is 13.1. The lowest BCUT2D eigenvalue weighted by Crippen LogP contribution is -2.13. The van der Waals surface area contributed by atoms with E-state index in [1.165, 1.54) is 10.7 Å². The maximum Gasteiger partial charge on any atom is 0.228 e. The lowest BCUT2D eigenvalue weighted by atomic mass is 10.2. The Balaban J connectivity index is 2.43. The number of amidine groups is 1. The number of nitrogens with two attached hydrogens (primary N) is 1. The van der Waals surface area contributed by atoms with E-state index in [0.717, 1.165) is 12.1 Å². The molecule has 0 spiro atoms. The molecule has 0 unspecified atom stereocenters. The van der Waals surface area contributed by atoms with Gasteiger partial charge in [0.15, 0.2) is 11.6 Å². The number of rotatable bonds is 3. The zero-order chi connectivity index (χ0) is 14.2. The number of benzene rings is 1. The Kier molecular flexibility index (Phi) is 3.20. The lowest BCUT2D eigenvalue weighted by Gasteiger charge is -2.08. The van der Waals surface area contributed by atoms with Crippen molar-refractivity contribution in [2.24, 2.45) is 12.8 Å². The number of hydrogen-bond acceptors (Lipinski definition) is 3. The molecular weight excluding hydrogens is 254 g/mol. The summed E-state index contributed by atoms with van der Waals surface area (Å²) in [4.78, 5) is 0. The number of nitrogen functional groups attached to an aromatic ring is 1. The molecule has 0 bridgehead atoms. The topological polar surface area (TPSA) is 76.9 Å². The van der Waals surface area contributed by atoms with Crippen LogP contribution in [0.1, 0.15) is 11.3 Å². The molecule has 19 heavy (non-hydrogen) atoms. The van der Waals surface area contributed by atoms with E-state index in [0.29, 0.717) is 11.3 Å². The first-order valence-corrected chi connectivity index (χ1v) is 5.41. The highest BCUT2D eigenvalue weighted by atomic mass is 19.2. The molecule has 1 aromatic carbocycles. The van der Waals surface area contributed by atoms with Crippen LogP contribution in [0, 0.1) is 24.0 Å². The molecule has 0 saturated carbocycles. The number of nitrogens with zero attached hydrogens (tertiary/aromatic N) is 2. The van der Waals surface area contributed by atoms with Crippen LogP contribution >= 0.6 is 0 Å². The van der Waals surface area contributed by atoms with Gasteiger partial charge in [0.1, 0.15) is 17.1 Å². The summed E-state index contributed by atoms with van der Waals surface area (Å²) in [7, 11) is 1.61. The number of hydrogen-bond donors (Lipinski definition) is 2. The summed E-state index contributed by atoms with van der Waals surface area (Å²) < 4.78 is 32.7. The highest BCUT2D eigenvalue weighted by Gasteiger charge is 2.18. The van der Waals surface area contributed by atoms with E-state index in [1.807, 2.05) is 0 Å². The predicted octanol–water partition coefficient (Wildman–Crippen LogP) is 2.08. The van der Waals surface area contributed by atoms with E-state index in [1.54, 1.807) is 14.0 Å². The van der Waals surface area contributed by atoms with Gasteiger partial charge in [-0.1, -0.05) is 0 Å². The maximum absolute atomic E-state index is 13.1. The first kappa shape index (κ1) is 13.0. The van der Waals surface area contributed by atoms with Crippen LogP contribution in [0.3, 0.4) is 0 Å². The van der Waals surface area contributed by atoms with Crippen molar-refractivity contribution in [3.63, 3.8) is 0 Å². The van der Waals surface area contributed by atoms with Crippen molar-refractivity contribution < 1.29 is 13.5 Å². The number of nitrogens with one attached hydrogen (secondary N) is 1. The van der Waals surface area contributed by atoms with Crippen LogP contribution in [-0.2, 0) is 7.05 Å². The van der Waals surface area contributed by atoms with Crippen LogP contribution in [-0.4, -0.2) is 15.6 Å². The number of aromatic nitrogens is 2. The van der Waals surface area contributed by atoms with Gasteiger partial charge in [0.2, 0.25) is 5.88 Å². The average Bonchev–Trinajstić information content (AvgIpc) is 2.59. The van der Waals surface area contributed by atoms with Gasteiger partial charge in [-0.05, 0) is 19.1 Å². The summed E-state index contributed by atoms with van der Waals surface area (Å²) in [5.74, 6) is -1.87. The third-order valence-electron chi connectivity index (χ3n) is 2.54. The first-order chi connectivity index (χ1) is 8.90. The zero-order valence-electron chi connectivity index (χ0n) is 10.4. The Morgan fingerprint density at radius 1 is 1.37 bits per heavy atom. The third kappa shape index (κ3) is 2.40. The van der Waals surface area contributed by atoms with Gasteiger partial charge in [0.25, 0.3) is 0 Å². The lowest BCUT2D eigenvalue weighted by molar-refractivity contribution is 0.421. The highest BCUT2D eigenvalue weighted by molar-refractivity contribution is 5.98. The number of ether oxygens (including phenoxy) is 1. The third-order valence-corrected chi connectivity index (χ3v) is 2.54. The molecule has 0 aliphatic heterocycles. The number of halogens is 2. The molecule has 0 aliphatic carbocycles. The minimum absolute atomic E-state index is 0.101. The fraction of sp³-hybridized carbons (Fsp3) is 0.167. The van der Waals surface area contributed by atoms with Gasteiger partial charge >= 0.3 is 0 Å². The quantitative estimate of drug-likeness (QED) is 0.659. The second kappa shape index (κ2) is 4.68. The molecule has 0 amide bonds. The average molecular weight is 266 g/mol. The highest BCUT2D eigenvalue weighted by Crippen LogP contribution is 2.27. The molecule has 100 valence electrons. The van der Waals surface area contributed by atoms with Crippen LogP contribution in [0.25, 0.3) is 0 Å². The molecule has 1 aromatic heterocycles. The van der Waals surface area contributed by atoms with Gasteiger partial charge < -0.3 is 10.5 Å². The standard InChI is InChI=1S/C12H12F2N4O/c1-6-10(11(15)16)12(18(2)17-6)19-7-3-4-8(13)9(14)5-7/h3-5H,1-2H3,(H3,15,16). The molecular formula is C12H12F2N4O. The normalized spacial score (nSPS) is 10.5. The monoisotopic (exact) mass is 266 g/mol. The second-order valence-electron chi connectivity index (χ2n) is 3.98. The molecule has 0 radical (unpaired) electrons. The van der Waals surface area contributed by atoms with Crippen LogP contribution in [0.15, 0.2) is 18.2 Å². The summed E-state index contributed by atoms with van der Waals surface area (Å²) in [5, 5.41) is 11.6. The van der Waals surface area contributed by atoms with Crippen molar-refractivity contribution in [1.29, 1.82) is 5.41 Å². The van der Waals surface area contributed by atoms with Crippen molar-refractivity contribution >= 4 is 5.84 Å². The minimum atomic E-state index is -1.01. The van der Waals surface area contributed by atoms with Gasteiger partial charge in [-0.15, -0.1) is 0 Å². The Morgan fingerprint density at radius 3 is 2.63 bits per heavy atom. The van der Waals surface area contributed by atoms with Gasteiger partial charge in [-0.3, -0.25) is 5.41 Å². The van der Waals surface area contributed by atoms with E-state index in [4.69, 9.17) is 15.9 Å². The molecule has 3 N–H and O–H groups in total. The van der Waals surface area contributed by atoms with E-state index in [9.17, 15) is 8.78 Å². The molecule has 1 heterocycles. The Morgan fingerprint density at radius 2 is 2.05 bits per heavy atom. The molecule has 7 heteroatoms. The first-order valence-electron chi connectivity index (χ1n) is 5.41. The minimum Gasteiger partial charge on any atom is -0.438 e. The van der Waals surface area contributed by atoms with Crippen LogP contribution in [0.2, 0.25) is 0 Å². The Labute approximate surface area is 108 Å². The van der Waals surface area contributed by atoms with E-state index < -0.39 is 11.6 Å². The van der Waals surface area contributed by atoms with Crippen LogP contribution < -0.4 is 10.5 Å². The summed E-state index contributed by atoms with van der Waals surface area (Å²) in [6, 6.07) is 3.16. The smallest absolute Gasteiger partial charge is 0.228 e. The van der Waals surface area contributed by atoms with Crippen molar-refractivity contribution in [3.8, 4) is 11.6 Å². The Bertz CT molecular complexity index is 651. The largest absolute Gasteiger partial charge is 0.438 e. The van der Waals surface area contributed by atoms with Crippen molar-refractivity contribution in [2.45, 2.75) is 6.92 Å². The van der Waals surface area contributed by atoms with E-state index in [2.05, 4.69) is 5.10 Å². The van der Waals surface area contributed by atoms with Gasteiger partial charge in [-0.2, -0.15) is 5.10 Å². The predicted molar refractivity (Wildman–Crippen MR) is 65.4 cm³/mol. The van der Waals surface area contributed by atoms with E-state index in [-0.39, 0.29) is 17.5 Å². The van der Waals surface area contributed by atoms with Crippen LogP contribution in [0.5, 0.6) is 11.6 Å². The molecule has 0 aliphatic rings. The summed E-state index contributed by atoms with van der Waals surface area (Å²) in [5.41, 5.74) is 6.30. The molecule has 2 aromatic rings. The van der Waals surface area contributed by atoms with E-state index >= 15 is 0 Å². The van der Waals surface area contributed by atoms with Gasteiger partial charge in [-0.25, -0.2) is 13.5 Å². The second-order valence-corrected chi connectivity index (χ2v) is 3.98. The summed E-state index contributed by atoms with van der Waals surface area (Å²) in [6.07, 6.45) is 0. The molecule has 2 rings (SSSR count). The van der Waals surface area contributed by atoms with Crippen molar-refractivity contribution in [3.05, 3.63) is 41.1 Å². The van der Waals surface area contributed by atoms with Gasteiger partial charge in [0.05, 0.1) is 5.69 Å². The zero-order valence-corrected chi connectivity index (χ0v) is 10.4. The summed E-state index contributed by atoms with van der Waals surface area (Å²) >= 11 is 0. The molecule has 0 saturated heterocycles. The Hall–Kier alpha value is -2.44. The van der Waals surface area contributed by atoms with Crippen LogP contribution in [0.4, 0.5) is 8.78 Å². The number of aryl methyl sites for hydroxylation is 2. The summed E-state index contributed by atoms with van der Waals surface area (Å²) in [6.45, 7) is 1.68. The van der Waals surface area contributed by atoms with Crippen molar-refractivity contribution in [2.75, 3.05) is 0 Å².